The molecule has 0 N–H and O–H groups in total. The number of rotatable bonds is 3. The lowest BCUT2D eigenvalue weighted by atomic mass is 9.79. The van der Waals surface area contributed by atoms with Gasteiger partial charge in [0, 0.05) is 26.2 Å². The number of amides is 1. The fourth-order valence-corrected chi connectivity index (χ4v) is 3.70. The van der Waals surface area contributed by atoms with Crippen LogP contribution in [-0.2, 0) is 14.3 Å². The summed E-state index contributed by atoms with van der Waals surface area (Å²) < 4.78 is 10.8. The van der Waals surface area contributed by atoms with E-state index in [1.807, 2.05) is 27.7 Å². The molecule has 138 valence electrons. The van der Waals surface area contributed by atoms with Gasteiger partial charge in [0.05, 0.1) is 6.61 Å². The molecule has 2 aliphatic rings. The Morgan fingerprint density at radius 2 is 1.58 bits per heavy atom. The predicted molar refractivity (Wildman–Crippen MR) is 91.8 cm³/mol. The molecular formula is C18H32N2O4. The van der Waals surface area contributed by atoms with E-state index in [1.54, 1.807) is 4.90 Å². The lowest BCUT2D eigenvalue weighted by Crippen LogP contribution is -2.62. The average molecular weight is 340 g/mol. The van der Waals surface area contributed by atoms with Crippen molar-refractivity contribution in [3.05, 3.63) is 0 Å². The molecule has 0 radical (unpaired) electrons. The van der Waals surface area contributed by atoms with Gasteiger partial charge in [-0.05, 0) is 40.5 Å². The summed E-state index contributed by atoms with van der Waals surface area (Å²) in [7, 11) is 0. The summed E-state index contributed by atoms with van der Waals surface area (Å²) in [6.07, 6.45) is 4.75. The second kappa shape index (κ2) is 7.72. The minimum atomic E-state index is -0.492. The second-order valence-electron chi connectivity index (χ2n) is 7.77. The third kappa shape index (κ3) is 4.41. The summed E-state index contributed by atoms with van der Waals surface area (Å²) in [5.41, 5.74) is -0.974. The van der Waals surface area contributed by atoms with Crippen LogP contribution >= 0.6 is 0 Å². The van der Waals surface area contributed by atoms with Gasteiger partial charge in [-0.15, -0.1) is 0 Å². The van der Waals surface area contributed by atoms with Gasteiger partial charge in [0.2, 0.25) is 0 Å². The number of ether oxygens (including phenoxy) is 2. The molecule has 1 aliphatic carbocycles. The molecule has 6 heteroatoms. The third-order valence-corrected chi connectivity index (χ3v) is 4.87. The SMILES string of the molecule is CCOC(=O)C1(N2CCN(C(=O)OC(C)(C)C)CC2)CCCCC1. The molecule has 0 spiro atoms. The molecular weight excluding hydrogens is 308 g/mol. The van der Waals surface area contributed by atoms with Crippen molar-refractivity contribution in [2.75, 3.05) is 32.8 Å². The van der Waals surface area contributed by atoms with E-state index in [-0.39, 0.29) is 12.1 Å². The molecule has 2 rings (SSSR count). The van der Waals surface area contributed by atoms with E-state index >= 15 is 0 Å². The van der Waals surface area contributed by atoms with Crippen LogP contribution in [0.25, 0.3) is 0 Å². The average Bonchev–Trinajstić information content (AvgIpc) is 2.54. The van der Waals surface area contributed by atoms with E-state index in [0.717, 1.165) is 25.7 Å². The second-order valence-corrected chi connectivity index (χ2v) is 7.77. The van der Waals surface area contributed by atoms with Crippen molar-refractivity contribution in [2.45, 2.75) is 70.9 Å². The molecule has 24 heavy (non-hydrogen) atoms. The monoisotopic (exact) mass is 340 g/mol. The lowest BCUT2D eigenvalue weighted by molar-refractivity contribution is -0.162. The quantitative estimate of drug-likeness (QED) is 0.740. The number of piperazine rings is 1. The molecule has 0 atom stereocenters. The van der Waals surface area contributed by atoms with Crippen LogP contribution in [0.4, 0.5) is 4.79 Å². The minimum absolute atomic E-state index is 0.0876. The Balaban J connectivity index is 2.00. The number of carbonyl (C=O) groups excluding carboxylic acids is 2. The van der Waals surface area contributed by atoms with Crippen LogP contribution < -0.4 is 0 Å². The first-order valence-electron chi connectivity index (χ1n) is 9.19. The van der Waals surface area contributed by atoms with Crippen molar-refractivity contribution in [3.63, 3.8) is 0 Å². The zero-order valence-electron chi connectivity index (χ0n) is 15.6. The molecule has 0 aromatic heterocycles. The lowest BCUT2D eigenvalue weighted by Gasteiger charge is -2.47. The molecule has 1 amide bonds. The van der Waals surface area contributed by atoms with Crippen LogP contribution in [0.3, 0.4) is 0 Å². The fraction of sp³-hybridized carbons (Fsp3) is 0.889. The number of carbonyl (C=O) groups is 2. The first-order valence-corrected chi connectivity index (χ1v) is 9.19. The molecule has 0 unspecified atom stereocenters. The number of nitrogens with zero attached hydrogens (tertiary/aromatic N) is 2. The largest absolute Gasteiger partial charge is 0.465 e. The Morgan fingerprint density at radius 1 is 1.00 bits per heavy atom. The summed E-state index contributed by atoms with van der Waals surface area (Å²) in [4.78, 5) is 28.8. The highest BCUT2D eigenvalue weighted by atomic mass is 16.6. The summed E-state index contributed by atoms with van der Waals surface area (Å²) in [6, 6.07) is 0. The smallest absolute Gasteiger partial charge is 0.410 e. The van der Waals surface area contributed by atoms with E-state index in [1.165, 1.54) is 6.42 Å². The number of esters is 1. The molecule has 1 heterocycles. The van der Waals surface area contributed by atoms with Crippen LogP contribution in [0.5, 0.6) is 0 Å². The van der Waals surface area contributed by atoms with E-state index < -0.39 is 11.1 Å². The number of hydrogen-bond acceptors (Lipinski definition) is 5. The summed E-state index contributed by atoms with van der Waals surface area (Å²) in [5, 5.41) is 0. The summed E-state index contributed by atoms with van der Waals surface area (Å²) in [5.74, 6) is -0.0876. The molecule has 1 saturated heterocycles. The van der Waals surface area contributed by atoms with Crippen molar-refractivity contribution in [3.8, 4) is 0 Å². The highest BCUT2D eigenvalue weighted by Gasteiger charge is 2.47. The standard InChI is InChI=1S/C18H32N2O4/c1-5-23-15(21)18(9-7-6-8-10-18)20-13-11-19(12-14-20)16(22)24-17(2,3)4/h5-14H2,1-4H3. The number of hydrogen-bond donors (Lipinski definition) is 0. The van der Waals surface area contributed by atoms with Gasteiger partial charge in [0.25, 0.3) is 0 Å². The minimum Gasteiger partial charge on any atom is -0.465 e. The van der Waals surface area contributed by atoms with Gasteiger partial charge in [0.15, 0.2) is 0 Å². The summed E-state index contributed by atoms with van der Waals surface area (Å²) in [6.45, 7) is 10.5. The van der Waals surface area contributed by atoms with Crippen molar-refractivity contribution in [1.29, 1.82) is 0 Å². The Labute approximate surface area is 145 Å². The maximum atomic E-state index is 12.7. The molecule has 0 bridgehead atoms. The summed E-state index contributed by atoms with van der Waals surface area (Å²) >= 11 is 0. The maximum Gasteiger partial charge on any atom is 0.410 e. The maximum absolute atomic E-state index is 12.7. The van der Waals surface area contributed by atoms with Gasteiger partial charge in [0.1, 0.15) is 11.1 Å². The van der Waals surface area contributed by atoms with E-state index in [4.69, 9.17) is 9.47 Å². The van der Waals surface area contributed by atoms with Gasteiger partial charge in [-0.25, -0.2) is 4.79 Å². The molecule has 1 aliphatic heterocycles. The van der Waals surface area contributed by atoms with Crippen molar-refractivity contribution in [1.82, 2.24) is 9.80 Å². The third-order valence-electron chi connectivity index (χ3n) is 4.87. The molecule has 1 saturated carbocycles. The first-order chi connectivity index (χ1) is 11.3. The van der Waals surface area contributed by atoms with Crippen molar-refractivity contribution >= 4 is 12.1 Å². The van der Waals surface area contributed by atoms with E-state index in [0.29, 0.717) is 32.8 Å². The Bertz CT molecular complexity index is 444. The zero-order chi connectivity index (χ0) is 17.8. The molecule has 0 aromatic rings. The van der Waals surface area contributed by atoms with Crippen LogP contribution in [0.15, 0.2) is 0 Å². The molecule has 2 fully saturated rings. The highest BCUT2D eigenvalue weighted by Crippen LogP contribution is 2.35. The van der Waals surface area contributed by atoms with Crippen molar-refractivity contribution in [2.24, 2.45) is 0 Å². The Kier molecular flexibility index (Phi) is 6.12. The van der Waals surface area contributed by atoms with Crippen LogP contribution in [0.2, 0.25) is 0 Å². The zero-order valence-corrected chi connectivity index (χ0v) is 15.6. The highest BCUT2D eigenvalue weighted by molar-refractivity contribution is 5.81. The van der Waals surface area contributed by atoms with Gasteiger partial charge in [-0.1, -0.05) is 19.3 Å². The van der Waals surface area contributed by atoms with Crippen molar-refractivity contribution < 1.29 is 19.1 Å². The van der Waals surface area contributed by atoms with E-state index in [2.05, 4.69) is 4.90 Å². The fourth-order valence-electron chi connectivity index (χ4n) is 3.70. The predicted octanol–water partition coefficient (Wildman–Crippen LogP) is 2.81. The molecule has 6 nitrogen and oxygen atoms in total. The van der Waals surface area contributed by atoms with E-state index in [9.17, 15) is 9.59 Å². The van der Waals surface area contributed by atoms with Gasteiger partial charge < -0.3 is 14.4 Å². The Morgan fingerprint density at radius 3 is 2.08 bits per heavy atom. The van der Waals surface area contributed by atoms with Crippen LogP contribution in [-0.4, -0.2) is 65.8 Å². The normalized spacial score (nSPS) is 22.1. The van der Waals surface area contributed by atoms with Gasteiger partial charge in [-0.2, -0.15) is 0 Å². The van der Waals surface area contributed by atoms with Gasteiger partial charge >= 0.3 is 12.1 Å². The van der Waals surface area contributed by atoms with Crippen LogP contribution in [0.1, 0.15) is 59.8 Å². The topological polar surface area (TPSA) is 59.1 Å². The Hall–Kier alpha value is -1.30. The first kappa shape index (κ1) is 19.0. The van der Waals surface area contributed by atoms with Crippen LogP contribution in [0, 0.1) is 0 Å². The molecule has 0 aromatic carbocycles. The van der Waals surface area contributed by atoms with Gasteiger partial charge in [-0.3, -0.25) is 9.69 Å².